The summed E-state index contributed by atoms with van der Waals surface area (Å²) in [6.45, 7) is 1.62. The first kappa shape index (κ1) is 13.1. The van der Waals surface area contributed by atoms with Crippen LogP contribution in [0.3, 0.4) is 0 Å². The highest BCUT2D eigenvalue weighted by Gasteiger charge is 2.37. The SMILES string of the molecule is Cc1ccc(C(=O)C2CCC(F)(F)CC2)cc1F. The van der Waals surface area contributed by atoms with Crippen LogP contribution in [0.4, 0.5) is 13.2 Å². The number of carbonyl (C=O) groups excluding carboxylic acids is 1. The van der Waals surface area contributed by atoms with Crippen molar-refractivity contribution in [2.45, 2.75) is 38.5 Å². The predicted octanol–water partition coefficient (Wildman–Crippen LogP) is 4.14. The van der Waals surface area contributed by atoms with Crippen LogP contribution in [-0.4, -0.2) is 11.7 Å². The van der Waals surface area contributed by atoms with Gasteiger partial charge < -0.3 is 0 Å². The summed E-state index contributed by atoms with van der Waals surface area (Å²) in [7, 11) is 0. The van der Waals surface area contributed by atoms with Gasteiger partial charge in [-0.25, -0.2) is 13.2 Å². The van der Waals surface area contributed by atoms with Gasteiger partial charge in [0.15, 0.2) is 5.78 Å². The van der Waals surface area contributed by atoms with Crippen LogP contribution >= 0.6 is 0 Å². The first-order valence-corrected chi connectivity index (χ1v) is 6.07. The summed E-state index contributed by atoms with van der Waals surface area (Å²) in [5, 5.41) is 0. The van der Waals surface area contributed by atoms with Crippen LogP contribution in [0.25, 0.3) is 0 Å². The molecule has 1 nitrogen and oxygen atoms in total. The van der Waals surface area contributed by atoms with Crippen LogP contribution in [0.15, 0.2) is 18.2 Å². The van der Waals surface area contributed by atoms with Crippen molar-refractivity contribution in [3.8, 4) is 0 Å². The quantitative estimate of drug-likeness (QED) is 0.727. The van der Waals surface area contributed by atoms with Crippen LogP contribution in [0, 0.1) is 18.7 Å². The lowest BCUT2D eigenvalue weighted by Crippen LogP contribution is -2.28. The molecule has 0 heterocycles. The van der Waals surface area contributed by atoms with Crippen molar-refractivity contribution in [3.05, 3.63) is 35.1 Å². The number of Topliss-reactive ketones (excluding diaryl/α,β-unsaturated/α-hetero) is 1. The zero-order valence-corrected chi connectivity index (χ0v) is 10.2. The molecule has 0 spiro atoms. The van der Waals surface area contributed by atoms with E-state index in [1.54, 1.807) is 19.1 Å². The fraction of sp³-hybridized carbons (Fsp3) is 0.500. The molecule has 1 fully saturated rings. The zero-order chi connectivity index (χ0) is 13.3. The maximum absolute atomic E-state index is 13.4. The summed E-state index contributed by atoms with van der Waals surface area (Å²) in [5.41, 5.74) is 0.759. The largest absolute Gasteiger partial charge is 0.294 e. The Morgan fingerprint density at radius 2 is 1.89 bits per heavy atom. The van der Waals surface area contributed by atoms with E-state index in [1.807, 2.05) is 0 Å². The second-order valence-corrected chi connectivity index (χ2v) is 4.96. The van der Waals surface area contributed by atoms with Gasteiger partial charge in [0.05, 0.1) is 0 Å². The highest BCUT2D eigenvalue weighted by Crippen LogP contribution is 2.37. The van der Waals surface area contributed by atoms with Crippen molar-refractivity contribution >= 4 is 5.78 Å². The summed E-state index contributed by atoms with van der Waals surface area (Å²) >= 11 is 0. The average Bonchev–Trinajstić information content (AvgIpc) is 2.32. The van der Waals surface area contributed by atoms with Gasteiger partial charge in [0.2, 0.25) is 5.92 Å². The number of hydrogen-bond acceptors (Lipinski definition) is 1. The van der Waals surface area contributed by atoms with Gasteiger partial charge in [-0.3, -0.25) is 4.79 Å². The Labute approximate surface area is 104 Å². The number of halogens is 3. The molecule has 0 N–H and O–H groups in total. The number of ketones is 1. The van der Waals surface area contributed by atoms with Gasteiger partial charge >= 0.3 is 0 Å². The third-order valence-corrected chi connectivity index (χ3v) is 3.54. The molecule has 1 aliphatic rings. The molecule has 1 saturated carbocycles. The van der Waals surface area contributed by atoms with E-state index in [1.165, 1.54) is 6.07 Å². The molecule has 0 unspecified atom stereocenters. The van der Waals surface area contributed by atoms with E-state index in [0.717, 1.165) is 0 Å². The van der Waals surface area contributed by atoms with Crippen LogP contribution in [0.2, 0.25) is 0 Å². The lowest BCUT2D eigenvalue weighted by atomic mass is 9.82. The van der Waals surface area contributed by atoms with Crippen molar-refractivity contribution in [1.29, 1.82) is 0 Å². The normalized spacial score (nSPS) is 19.8. The molecular formula is C14H15F3O. The molecule has 4 heteroatoms. The fourth-order valence-corrected chi connectivity index (χ4v) is 2.28. The second-order valence-electron chi connectivity index (χ2n) is 4.96. The van der Waals surface area contributed by atoms with E-state index < -0.39 is 17.7 Å². The van der Waals surface area contributed by atoms with Crippen molar-refractivity contribution in [1.82, 2.24) is 0 Å². The smallest absolute Gasteiger partial charge is 0.248 e. The van der Waals surface area contributed by atoms with Crippen LogP contribution in [-0.2, 0) is 0 Å². The zero-order valence-electron chi connectivity index (χ0n) is 10.2. The summed E-state index contributed by atoms with van der Waals surface area (Å²) in [5.74, 6) is -3.69. The lowest BCUT2D eigenvalue weighted by Gasteiger charge is -2.27. The number of carbonyl (C=O) groups is 1. The van der Waals surface area contributed by atoms with E-state index in [0.29, 0.717) is 5.56 Å². The molecule has 0 amide bonds. The number of benzene rings is 1. The molecule has 1 aliphatic carbocycles. The minimum atomic E-state index is -2.64. The Bertz CT molecular complexity index is 458. The number of hydrogen-bond donors (Lipinski definition) is 0. The fourth-order valence-electron chi connectivity index (χ4n) is 2.28. The standard InChI is InChI=1S/C14H15F3O/c1-9-2-3-11(8-12(9)15)13(18)10-4-6-14(16,17)7-5-10/h2-3,8,10H,4-7H2,1H3. The Kier molecular flexibility index (Phi) is 3.46. The molecule has 0 saturated heterocycles. The van der Waals surface area contributed by atoms with Gasteiger partial charge in [-0.15, -0.1) is 0 Å². The summed E-state index contributed by atoms with van der Waals surface area (Å²) in [6.07, 6.45) is -0.141. The highest BCUT2D eigenvalue weighted by atomic mass is 19.3. The van der Waals surface area contributed by atoms with E-state index in [2.05, 4.69) is 0 Å². The maximum Gasteiger partial charge on any atom is 0.248 e. The Morgan fingerprint density at radius 1 is 1.28 bits per heavy atom. The van der Waals surface area contributed by atoms with E-state index >= 15 is 0 Å². The molecule has 0 bridgehead atoms. The van der Waals surface area contributed by atoms with E-state index in [-0.39, 0.29) is 37.0 Å². The highest BCUT2D eigenvalue weighted by molar-refractivity contribution is 5.97. The first-order chi connectivity index (χ1) is 8.39. The summed E-state index contributed by atoms with van der Waals surface area (Å²) < 4.78 is 39.3. The second kappa shape index (κ2) is 4.75. The third-order valence-electron chi connectivity index (χ3n) is 3.54. The van der Waals surface area contributed by atoms with Crippen LogP contribution < -0.4 is 0 Å². The van der Waals surface area contributed by atoms with Crippen molar-refractivity contribution < 1.29 is 18.0 Å². The Hall–Kier alpha value is -1.32. The predicted molar refractivity (Wildman–Crippen MR) is 62.4 cm³/mol. The lowest BCUT2D eigenvalue weighted by molar-refractivity contribution is -0.0424. The van der Waals surface area contributed by atoms with Gasteiger partial charge in [0, 0.05) is 24.3 Å². The average molecular weight is 256 g/mol. The first-order valence-electron chi connectivity index (χ1n) is 6.07. The molecular weight excluding hydrogens is 241 g/mol. The third kappa shape index (κ3) is 2.74. The molecule has 18 heavy (non-hydrogen) atoms. The van der Waals surface area contributed by atoms with Crippen molar-refractivity contribution in [2.24, 2.45) is 5.92 Å². The maximum atomic E-state index is 13.4. The summed E-state index contributed by atoms with van der Waals surface area (Å²) in [6, 6.07) is 4.30. The molecule has 1 aromatic rings. The molecule has 2 rings (SSSR count). The van der Waals surface area contributed by atoms with E-state index in [4.69, 9.17) is 0 Å². The van der Waals surface area contributed by atoms with Crippen LogP contribution in [0.1, 0.15) is 41.6 Å². The van der Waals surface area contributed by atoms with Crippen molar-refractivity contribution in [2.75, 3.05) is 0 Å². The number of alkyl halides is 2. The molecule has 98 valence electrons. The molecule has 0 radical (unpaired) electrons. The number of rotatable bonds is 2. The van der Waals surface area contributed by atoms with Gasteiger partial charge in [0.1, 0.15) is 5.82 Å². The van der Waals surface area contributed by atoms with E-state index in [9.17, 15) is 18.0 Å². The number of aryl methyl sites for hydroxylation is 1. The van der Waals surface area contributed by atoms with Gasteiger partial charge in [-0.05, 0) is 31.4 Å². The molecule has 1 aromatic carbocycles. The monoisotopic (exact) mass is 256 g/mol. The van der Waals surface area contributed by atoms with Gasteiger partial charge in [-0.1, -0.05) is 12.1 Å². The molecule has 0 aliphatic heterocycles. The Balaban J connectivity index is 2.10. The molecule has 0 atom stereocenters. The molecule has 0 aromatic heterocycles. The minimum absolute atomic E-state index is 0.182. The van der Waals surface area contributed by atoms with Gasteiger partial charge in [0.25, 0.3) is 0 Å². The minimum Gasteiger partial charge on any atom is -0.294 e. The summed E-state index contributed by atoms with van der Waals surface area (Å²) in [4.78, 5) is 12.1. The Morgan fingerprint density at radius 3 is 2.44 bits per heavy atom. The van der Waals surface area contributed by atoms with Gasteiger partial charge in [-0.2, -0.15) is 0 Å². The van der Waals surface area contributed by atoms with Crippen LogP contribution in [0.5, 0.6) is 0 Å². The van der Waals surface area contributed by atoms with Crippen molar-refractivity contribution in [3.63, 3.8) is 0 Å². The topological polar surface area (TPSA) is 17.1 Å².